The lowest BCUT2D eigenvalue weighted by atomic mass is 10.1. The summed E-state index contributed by atoms with van der Waals surface area (Å²) >= 11 is 0. The lowest BCUT2D eigenvalue weighted by molar-refractivity contribution is -0.135. The van der Waals surface area contributed by atoms with Crippen molar-refractivity contribution in [1.82, 2.24) is 9.97 Å². The number of unbranched alkanes of at least 4 members (excludes halogenated alkanes) is 7. The largest absolute Gasteiger partial charge is 0.427 e. The third-order valence-corrected chi connectivity index (χ3v) is 4.92. The number of carbonyl (C=O) groups is 2. The summed E-state index contributed by atoms with van der Waals surface area (Å²) in [6.45, 7) is 4.30. The van der Waals surface area contributed by atoms with Crippen LogP contribution in [0.4, 0.5) is 0 Å². The second kappa shape index (κ2) is 14.3. The first-order chi connectivity index (χ1) is 15.1. The summed E-state index contributed by atoms with van der Waals surface area (Å²) in [5.74, 6) is 0.895. The van der Waals surface area contributed by atoms with Crippen LogP contribution in [0, 0.1) is 0 Å². The second-order valence-corrected chi connectivity index (χ2v) is 7.69. The van der Waals surface area contributed by atoms with Crippen molar-refractivity contribution in [3.05, 3.63) is 36.7 Å². The van der Waals surface area contributed by atoms with Gasteiger partial charge in [0.2, 0.25) is 0 Å². The summed E-state index contributed by atoms with van der Waals surface area (Å²) in [6.07, 6.45) is 13.4. The Morgan fingerprint density at radius 3 is 1.71 bits per heavy atom. The molecule has 0 aliphatic rings. The van der Waals surface area contributed by atoms with Crippen LogP contribution in [0.15, 0.2) is 36.7 Å². The van der Waals surface area contributed by atoms with Crippen LogP contribution in [-0.4, -0.2) is 21.9 Å². The number of hydrogen-bond acceptors (Lipinski definition) is 6. The van der Waals surface area contributed by atoms with E-state index in [1.165, 1.54) is 25.2 Å². The number of ether oxygens (including phenoxy) is 2. The minimum Gasteiger partial charge on any atom is -0.427 e. The molecule has 0 N–H and O–H groups in total. The molecule has 0 unspecified atom stereocenters. The molecule has 6 nitrogen and oxygen atoms in total. The molecule has 0 atom stereocenters. The van der Waals surface area contributed by atoms with Crippen LogP contribution in [0.2, 0.25) is 0 Å². The molecule has 0 radical (unpaired) electrons. The first kappa shape index (κ1) is 24.5. The maximum absolute atomic E-state index is 11.9. The van der Waals surface area contributed by atoms with Crippen LogP contribution in [0.25, 0.3) is 11.4 Å². The minimum absolute atomic E-state index is 0.211. The summed E-state index contributed by atoms with van der Waals surface area (Å²) in [6, 6.07) is 7.07. The van der Waals surface area contributed by atoms with Crippen LogP contribution in [-0.2, 0) is 9.59 Å². The predicted octanol–water partition coefficient (Wildman–Crippen LogP) is 6.29. The Bertz CT molecular complexity index is 788. The molecule has 0 fully saturated rings. The fraction of sp³-hybridized carbons (Fsp3) is 0.520. The lowest BCUT2D eigenvalue weighted by Crippen LogP contribution is -2.08. The highest BCUT2D eigenvalue weighted by Crippen LogP contribution is 2.21. The Morgan fingerprint density at radius 2 is 1.16 bits per heavy atom. The van der Waals surface area contributed by atoms with Gasteiger partial charge in [-0.3, -0.25) is 9.59 Å². The van der Waals surface area contributed by atoms with E-state index < -0.39 is 0 Å². The highest BCUT2D eigenvalue weighted by Gasteiger charge is 2.09. The van der Waals surface area contributed by atoms with Crippen molar-refractivity contribution in [2.24, 2.45) is 0 Å². The van der Waals surface area contributed by atoms with E-state index >= 15 is 0 Å². The molecule has 2 rings (SSSR count). The van der Waals surface area contributed by atoms with Gasteiger partial charge in [-0.1, -0.05) is 58.8 Å². The molecule has 6 heteroatoms. The highest BCUT2D eigenvalue weighted by atomic mass is 16.5. The zero-order valence-corrected chi connectivity index (χ0v) is 18.8. The number of nitrogens with zero attached hydrogens (tertiary/aromatic N) is 2. The summed E-state index contributed by atoms with van der Waals surface area (Å²) in [7, 11) is 0. The third-order valence-electron chi connectivity index (χ3n) is 4.92. The molecule has 0 saturated carbocycles. The molecule has 0 bridgehead atoms. The van der Waals surface area contributed by atoms with Crippen LogP contribution < -0.4 is 9.47 Å². The van der Waals surface area contributed by atoms with Crippen molar-refractivity contribution in [2.45, 2.75) is 84.5 Å². The molecule has 0 aliphatic carbocycles. The molecule has 168 valence electrons. The molecule has 0 spiro atoms. The zero-order chi connectivity index (χ0) is 22.3. The minimum atomic E-state index is -0.256. The van der Waals surface area contributed by atoms with Gasteiger partial charge in [-0.25, -0.2) is 9.97 Å². The third kappa shape index (κ3) is 9.73. The van der Waals surface area contributed by atoms with Gasteiger partial charge in [0.25, 0.3) is 0 Å². The molecule has 0 aliphatic heterocycles. The molecule has 1 aromatic carbocycles. The normalized spacial score (nSPS) is 10.6. The van der Waals surface area contributed by atoms with E-state index in [-0.39, 0.29) is 11.9 Å². The van der Waals surface area contributed by atoms with Crippen molar-refractivity contribution >= 4 is 11.9 Å². The Morgan fingerprint density at radius 1 is 0.677 bits per heavy atom. The Kier molecular flexibility index (Phi) is 11.3. The van der Waals surface area contributed by atoms with Gasteiger partial charge in [0, 0.05) is 18.4 Å². The summed E-state index contributed by atoms with van der Waals surface area (Å²) in [4.78, 5) is 32.3. The average molecular weight is 427 g/mol. The molecular formula is C25H34N2O4. The van der Waals surface area contributed by atoms with E-state index in [4.69, 9.17) is 9.47 Å². The van der Waals surface area contributed by atoms with Gasteiger partial charge in [-0.05, 0) is 37.1 Å². The molecule has 2 aromatic rings. The Labute approximate surface area is 185 Å². The van der Waals surface area contributed by atoms with E-state index in [9.17, 15) is 9.59 Å². The highest BCUT2D eigenvalue weighted by molar-refractivity contribution is 5.73. The molecule has 1 aromatic heterocycles. The van der Waals surface area contributed by atoms with Crippen molar-refractivity contribution in [2.75, 3.05) is 0 Å². The fourth-order valence-electron chi connectivity index (χ4n) is 3.12. The van der Waals surface area contributed by atoms with E-state index in [0.29, 0.717) is 30.2 Å². The Balaban J connectivity index is 1.79. The van der Waals surface area contributed by atoms with Crippen LogP contribution in [0.5, 0.6) is 11.5 Å². The smallest absolute Gasteiger partial charge is 0.311 e. The van der Waals surface area contributed by atoms with Gasteiger partial charge in [0.15, 0.2) is 11.6 Å². The van der Waals surface area contributed by atoms with Gasteiger partial charge in [-0.2, -0.15) is 0 Å². The number of carbonyl (C=O) groups excluding carboxylic acids is 2. The first-order valence-electron chi connectivity index (χ1n) is 11.5. The number of esters is 2. The quantitative estimate of drug-likeness (QED) is 0.201. The molecule has 1 heterocycles. The average Bonchev–Trinajstić information content (AvgIpc) is 2.78. The van der Waals surface area contributed by atoms with Crippen molar-refractivity contribution in [3.8, 4) is 22.9 Å². The topological polar surface area (TPSA) is 78.4 Å². The molecule has 31 heavy (non-hydrogen) atoms. The first-order valence-corrected chi connectivity index (χ1v) is 11.5. The number of hydrogen-bond donors (Lipinski definition) is 0. The lowest BCUT2D eigenvalue weighted by Gasteiger charge is -2.06. The van der Waals surface area contributed by atoms with E-state index in [1.54, 1.807) is 24.3 Å². The second-order valence-electron chi connectivity index (χ2n) is 7.69. The summed E-state index contributed by atoms with van der Waals surface area (Å²) in [5, 5.41) is 0. The van der Waals surface area contributed by atoms with Crippen LogP contribution in [0.1, 0.15) is 84.5 Å². The van der Waals surface area contributed by atoms with Crippen LogP contribution >= 0.6 is 0 Å². The number of benzene rings is 1. The number of aromatic nitrogens is 2. The van der Waals surface area contributed by atoms with Gasteiger partial charge < -0.3 is 9.47 Å². The molecule has 0 saturated heterocycles. The SMILES string of the molecule is CCCCCCCC(=O)Oc1cnc(-c2ccc(OC(=O)CCCCCC)cc2)nc1. The van der Waals surface area contributed by atoms with E-state index in [2.05, 4.69) is 23.8 Å². The Hall–Kier alpha value is -2.76. The maximum Gasteiger partial charge on any atom is 0.311 e. The van der Waals surface area contributed by atoms with Gasteiger partial charge in [-0.15, -0.1) is 0 Å². The van der Waals surface area contributed by atoms with E-state index in [1.807, 2.05) is 0 Å². The van der Waals surface area contributed by atoms with Crippen molar-refractivity contribution in [3.63, 3.8) is 0 Å². The van der Waals surface area contributed by atoms with Crippen molar-refractivity contribution in [1.29, 1.82) is 0 Å². The predicted molar refractivity (Wildman–Crippen MR) is 121 cm³/mol. The monoisotopic (exact) mass is 426 g/mol. The molecular weight excluding hydrogens is 392 g/mol. The van der Waals surface area contributed by atoms with Gasteiger partial charge in [0.1, 0.15) is 5.75 Å². The number of rotatable bonds is 14. The standard InChI is InChI=1S/C25H34N2O4/c1-3-5-7-9-11-13-24(29)31-22-18-26-25(27-19-22)20-14-16-21(17-15-20)30-23(28)12-10-8-6-4-2/h14-19H,3-13H2,1-2H3. The summed E-state index contributed by atoms with van der Waals surface area (Å²) in [5.41, 5.74) is 0.788. The van der Waals surface area contributed by atoms with E-state index in [0.717, 1.165) is 50.5 Å². The van der Waals surface area contributed by atoms with Gasteiger partial charge in [0.05, 0.1) is 12.4 Å². The summed E-state index contributed by atoms with van der Waals surface area (Å²) < 4.78 is 10.7. The van der Waals surface area contributed by atoms with Crippen LogP contribution in [0.3, 0.4) is 0 Å². The van der Waals surface area contributed by atoms with Crippen molar-refractivity contribution < 1.29 is 19.1 Å². The zero-order valence-electron chi connectivity index (χ0n) is 18.8. The maximum atomic E-state index is 11.9. The molecule has 0 amide bonds. The van der Waals surface area contributed by atoms with Gasteiger partial charge >= 0.3 is 11.9 Å². The fourth-order valence-corrected chi connectivity index (χ4v) is 3.12.